The smallest absolute Gasteiger partial charge is 0.227 e. The Kier molecular flexibility index (Phi) is 6.25. The van der Waals surface area contributed by atoms with Crippen LogP contribution in [0.2, 0.25) is 0 Å². The van der Waals surface area contributed by atoms with Crippen molar-refractivity contribution in [2.45, 2.75) is 52.1 Å². The lowest BCUT2D eigenvalue weighted by Crippen LogP contribution is -2.42. The van der Waals surface area contributed by atoms with Gasteiger partial charge in [0.1, 0.15) is 5.82 Å². The summed E-state index contributed by atoms with van der Waals surface area (Å²) in [4.78, 5) is 16.1. The fourth-order valence-electron chi connectivity index (χ4n) is 2.33. The van der Waals surface area contributed by atoms with E-state index in [1.54, 1.807) is 19.1 Å². The number of benzene rings is 1. The van der Waals surface area contributed by atoms with Gasteiger partial charge in [-0.25, -0.2) is 4.39 Å². The van der Waals surface area contributed by atoms with E-state index in [0.717, 1.165) is 0 Å². The normalized spacial score (nSPS) is 11.6. The molecule has 2 N–H and O–H groups in total. The summed E-state index contributed by atoms with van der Waals surface area (Å²) >= 11 is 0. The molecule has 0 saturated carbocycles. The lowest BCUT2D eigenvalue weighted by molar-refractivity contribution is -0.122. The minimum Gasteiger partial charge on any atom is -0.388 e. The van der Waals surface area contributed by atoms with E-state index in [2.05, 4.69) is 15.5 Å². The third-order valence-corrected chi connectivity index (χ3v) is 4.38. The van der Waals surface area contributed by atoms with E-state index in [1.807, 2.05) is 13.8 Å². The summed E-state index contributed by atoms with van der Waals surface area (Å²) < 4.78 is 18.5. The summed E-state index contributed by atoms with van der Waals surface area (Å²) in [5.74, 6) is 0.235. The van der Waals surface area contributed by atoms with Gasteiger partial charge in [0.25, 0.3) is 0 Å². The van der Waals surface area contributed by atoms with E-state index in [1.165, 1.54) is 6.07 Å². The molecule has 25 heavy (non-hydrogen) atoms. The zero-order valence-electron chi connectivity index (χ0n) is 14.8. The van der Waals surface area contributed by atoms with Gasteiger partial charge in [0.2, 0.25) is 17.6 Å². The van der Waals surface area contributed by atoms with Crippen LogP contribution in [-0.2, 0) is 11.2 Å². The predicted molar refractivity (Wildman–Crippen MR) is 91.3 cm³/mol. The first kappa shape index (κ1) is 19.1. The van der Waals surface area contributed by atoms with Gasteiger partial charge in [-0.3, -0.25) is 4.79 Å². The van der Waals surface area contributed by atoms with Gasteiger partial charge in [0, 0.05) is 24.9 Å². The maximum absolute atomic E-state index is 13.3. The van der Waals surface area contributed by atoms with Crippen molar-refractivity contribution in [3.8, 4) is 11.4 Å². The largest absolute Gasteiger partial charge is 0.388 e. The summed E-state index contributed by atoms with van der Waals surface area (Å²) in [6.45, 7) is 5.65. The average molecular weight is 349 g/mol. The molecule has 0 saturated heterocycles. The molecule has 0 bridgehead atoms. The zero-order chi connectivity index (χ0) is 18.4. The van der Waals surface area contributed by atoms with Crippen LogP contribution >= 0.6 is 0 Å². The average Bonchev–Trinajstić information content (AvgIpc) is 3.09. The molecular formula is C18H24FN3O3. The number of hydrogen-bond donors (Lipinski definition) is 2. The van der Waals surface area contributed by atoms with Crippen LogP contribution in [-0.4, -0.2) is 33.3 Å². The number of carbonyl (C=O) groups is 1. The van der Waals surface area contributed by atoms with Crippen LogP contribution in [0.15, 0.2) is 22.7 Å². The monoisotopic (exact) mass is 349 g/mol. The number of hydrogen-bond acceptors (Lipinski definition) is 5. The molecule has 2 aromatic rings. The molecule has 1 aromatic carbocycles. The van der Waals surface area contributed by atoms with Crippen molar-refractivity contribution in [1.29, 1.82) is 0 Å². The highest BCUT2D eigenvalue weighted by Gasteiger charge is 2.22. The summed E-state index contributed by atoms with van der Waals surface area (Å²) in [5.41, 5.74) is 0.296. The molecule has 1 amide bonds. The molecule has 0 spiro atoms. The number of amides is 1. The topological polar surface area (TPSA) is 88.2 Å². The zero-order valence-corrected chi connectivity index (χ0v) is 14.8. The number of nitrogens with zero attached hydrogens (tertiary/aromatic N) is 2. The molecule has 136 valence electrons. The standard InChI is InChI=1S/C18H24FN3O3/c1-4-18(24,5-2)11-20-15(23)8-9-16-21-17(22-25-16)13-6-7-14(19)12(3)10-13/h6-7,10,24H,4-5,8-9,11H2,1-3H3,(H,20,23). The molecule has 0 unspecified atom stereocenters. The predicted octanol–water partition coefficient (Wildman–Crippen LogP) is 2.78. The van der Waals surface area contributed by atoms with Crippen molar-refractivity contribution in [2.75, 3.05) is 6.54 Å². The molecule has 0 atom stereocenters. The fourth-order valence-corrected chi connectivity index (χ4v) is 2.33. The van der Waals surface area contributed by atoms with Crippen molar-refractivity contribution >= 4 is 5.91 Å². The van der Waals surface area contributed by atoms with Gasteiger partial charge in [-0.15, -0.1) is 0 Å². The molecule has 1 heterocycles. The Balaban J connectivity index is 1.89. The van der Waals surface area contributed by atoms with Gasteiger partial charge >= 0.3 is 0 Å². The second-order valence-corrected chi connectivity index (χ2v) is 6.18. The van der Waals surface area contributed by atoms with Gasteiger partial charge in [0.15, 0.2) is 0 Å². The van der Waals surface area contributed by atoms with E-state index in [9.17, 15) is 14.3 Å². The summed E-state index contributed by atoms with van der Waals surface area (Å²) in [7, 11) is 0. The SMILES string of the molecule is CCC(O)(CC)CNC(=O)CCc1nc(-c2ccc(F)c(C)c2)no1. The van der Waals surface area contributed by atoms with E-state index < -0.39 is 5.60 Å². The van der Waals surface area contributed by atoms with Crippen LogP contribution in [0.4, 0.5) is 4.39 Å². The second kappa shape index (κ2) is 8.20. The van der Waals surface area contributed by atoms with E-state index in [0.29, 0.717) is 42.1 Å². The first-order chi connectivity index (χ1) is 11.9. The number of halogens is 1. The maximum atomic E-state index is 13.3. The summed E-state index contributed by atoms with van der Waals surface area (Å²) in [6, 6.07) is 4.59. The third kappa shape index (κ3) is 5.09. The van der Waals surface area contributed by atoms with Crippen LogP contribution in [0.5, 0.6) is 0 Å². The molecule has 0 radical (unpaired) electrons. The Morgan fingerprint density at radius 1 is 1.36 bits per heavy atom. The van der Waals surface area contributed by atoms with Crippen LogP contribution in [0, 0.1) is 12.7 Å². The fraction of sp³-hybridized carbons (Fsp3) is 0.500. The Morgan fingerprint density at radius 2 is 2.08 bits per heavy atom. The van der Waals surface area contributed by atoms with Crippen molar-refractivity contribution in [1.82, 2.24) is 15.5 Å². The second-order valence-electron chi connectivity index (χ2n) is 6.18. The molecule has 0 aliphatic heterocycles. The Hall–Kier alpha value is -2.28. The first-order valence-electron chi connectivity index (χ1n) is 8.45. The third-order valence-electron chi connectivity index (χ3n) is 4.38. The summed E-state index contributed by atoms with van der Waals surface area (Å²) in [5, 5.41) is 16.7. The maximum Gasteiger partial charge on any atom is 0.227 e. The lowest BCUT2D eigenvalue weighted by Gasteiger charge is -2.25. The molecule has 0 aliphatic rings. The van der Waals surface area contributed by atoms with Crippen molar-refractivity contribution in [3.63, 3.8) is 0 Å². The van der Waals surface area contributed by atoms with Crippen molar-refractivity contribution in [2.24, 2.45) is 0 Å². The number of aromatic nitrogens is 2. The Bertz CT molecular complexity index is 726. The molecular weight excluding hydrogens is 325 g/mol. The van der Waals surface area contributed by atoms with E-state index >= 15 is 0 Å². The van der Waals surface area contributed by atoms with Crippen molar-refractivity contribution in [3.05, 3.63) is 35.5 Å². The van der Waals surface area contributed by atoms with Gasteiger partial charge in [0.05, 0.1) is 5.60 Å². The molecule has 2 rings (SSSR count). The quantitative estimate of drug-likeness (QED) is 0.765. The van der Waals surface area contributed by atoms with Crippen LogP contribution in [0.1, 0.15) is 44.6 Å². The van der Waals surface area contributed by atoms with Gasteiger partial charge in [-0.1, -0.05) is 19.0 Å². The summed E-state index contributed by atoms with van der Waals surface area (Å²) in [6.07, 6.45) is 1.64. The highest BCUT2D eigenvalue weighted by molar-refractivity contribution is 5.76. The van der Waals surface area contributed by atoms with Crippen LogP contribution in [0.25, 0.3) is 11.4 Å². The van der Waals surface area contributed by atoms with Gasteiger partial charge in [-0.05, 0) is 43.5 Å². The van der Waals surface area contributed by atoms with E-state index in [4.69, 9.17) is 4.52 Å². The van der Waals surface area contributed by atoms with E-state index in [-0.39, 0.29) is 24.7 Å². The molecule has 1 aromatic heterocycles. The molecule has 7 heteroatoms. The highest BCUT2D eigenvalue weighted by Crippen LogP contribution is 2.19. The Morgan fingerprint density at radius 3 is 2.72 bits per heavy atom. The first-order valence-corrected chi connectivity index (χ1v) is 8.45. The number of aliphatic hydroxyl groups is 1. The number of rotatable bonds is 8. The number of nitrogens with one attached hydrogen (secondary N) is 1. The minimum atomic E-state index is -0.867. The van der Waals surface area contributed by atoms with Crippen LogP contribution in [0.3, 0.4) is 0 Å². The Labute approximate surface area is 146 Å². The number of carbonyl (C=O) groups excluding carboxylic acids is 1. The molecule has 0 aliphatic carbocycles. The number of aryl methyl sites for hydroxylation is 2. The minimum absolute atomic E-state index is 0.183. The molecule has 0 fully saturated rings. The lowest BCUT2D eigenvalue weighted by atomic mass is 9.97. The highest BCUT2D eigenvalue weighted by atomic mass is 19.1. The molecule has 6 nitrogen and oxygen atoms in total. The van der Waals surface area contributed by atoms with Crippen molar-refractivity contribution < 1.29 is 18.8 Å². The van der Waals surface area contributed by atoms with Crippen LogP contribution < -0.4 is 5.32 Å². The van der Waals surface area contributed by atoms with Gasteiger partial charge < -0.3 is 14.9 Å². The van der Waals surface area contributed by atoms with Gasteiger partial charge in [-0.2, -0.15) is 4.98 Å².